The first-order valence-corrected chi connectivity index (χ1v) is 4.68. The summed E-state index contributed by atoms with van der Waals surface area (Å²) in [6, 6.07) is 0. The molecular formula is H8Cl3CoN4-4. The summed E-state index contributed by atoms with van der Waals surface area (Å²) < 4.78 is 0. The van der Waals surface area contributed by atoms with Crippen LogP contribution in [0.2, 0.25) is 0 Å². The van der Waals surface area contributed by atoms with E-state index in [-0.39, 0.29) is 24.6 Å². The molecule has 0 unspecified atom stereocenters. The molecule has 0 fully saturated rings. The van der Waals surface area contributed by atoms with Gasteiger partial charge in [0.2, 0.25) is 0 Å². The zero-order chi connectivity index (χ0) is 3.58. The van der Waals surface area contributed by atoms with Crippen molar-refractivity contribution in [2.75, 3.05) is 0 Å². The summed E-state index contributed by atoms with van der Waals surface area (Å²) in [6.07, 6.45) is 0. The monoisotopic (exact) mass is 228 g/mol. The maximum Gasteiger partial charge on any atom is -0.693 e. The van der Waals surface area contributed by atoms with Crippen LogP contribution in [0.25, 0.3) is 24.6 Å². The van der Waals surface area contributed by atoms with Crippen molar-refractivity contribution in [3.05, 3.63) is 24.6 Å². The molecule has 0 aromatic heterocycles. The van der Waals surface area contributed by atoms with Gasteiger partial charge in [-0.1, -0.05) is 0 Å². The van der Waals surface area contributed by atoms with Crippen molar-refractivity contribution in [1.82, 2.24) is 0 Å². The molecule has 0 spiro atoms. The molecule has 8 N–H and O–H groups in total. The molecule has 0 aromatic rings. The third-order valence-electron chi connectivity index (χ3n) is 0. The van der Waals surface area contributed by atoms with E-state index in [1.807, 2.05) is 0 Å². The summed E-state index contributed by atoms with van der Waals surface area (Å²) in [4.78, 5) is 0. The minimum atomic E-state index is -1.19. The number of rotatable bonds is 0. The molecule has 0 rings (SSSR count). The van der Waals surface area contributed by atoms with E-state index < -0.39 is 10.9 Å². The van der Waals surface area contributed by atoms with Crippen molar-refractivity contribution in [3.8, 4) is 0 Å². The quantitative estimate of drug-likeness (QED) is 0.556. The largest absolute Gasteiger partial charge is 0.693 e. The normalized spacial score (nSPS) is 5.62. The van der Waals surface area contributed by atoms with E-state index in [9.17, 15) is 0 Å². The Hall–Kier alpha value is 1.22. The van der Waals surface area contributed by atoms with Crippen LogP contribution >= 0.6 is 30.4 Å². The zero-order valence-corrected chi connectivity index (χ0v) is 7.09. The molecule has 8 heteroatoms. The molecular weight excluding hydrogens is 221 g/mol. The van der Waals surface area contributed by atoms with Gasteiger partial charge in [-0.25, -0.2) is 0 Å². The van der Waals surface area contributed by atoms with Crippen molar-refractivity contribution in [2.45, 2.75) is 0 Å². The van der Waals surface area contributed by atoms with Crippen molar-refractivity contribution in [1.29, 1.82) is 0 Å². The van der Waals surface area contributed by atoms with E-state index >= 15 is 0 Å². The molecule has 0 heterocycles. The minimum absolute atomic E-state index is 0. The summed E-state index contributed by atoms with van der Waals surface area (Å²) in [5.74, 6) is 0. The van der Waals surface area contributed by atoms with Crippen molar-refractivity contribution in [2.24, 2.45) is 0 Å². The van der Waals surface area contributed by atoms with Gasteiger partial charge in [0.25, 0.3) is 0 Å². The van der Waals surface area contributed by atoms with Crippen LogP contribution in [0.3, 0.4) is 0 Å². The molecule has 4 nitrogen and oxygen atoms in total. The number of hydrogen-bond donors (Lipinski definition) is 0. The van der Waals surface area contributed by atoms with E-state index in [0.717, 1.165) is 0 Å². The van der Waals surface area contributed by atoms with Crippen LogP contribution in [0.1, 0.15) is 0 Å². The molecule has 0 aliphatic carbocycles. The fraction of sp³-hybridized carbons (Fsp3) is 0. The number of hydrogen-bond acceptors (Lipinski definition) is 0. The Balaban J connectivity index is -0.00000000750. The molecule has 8 heavy (non-hydrogen) atoms. The molecule has 0 radical (unpaired) electrons. The summed E-state index contributed by atoms with van der Waals surface area (Å²) in [5, 5.41) is 0. The van der Waals surface area contributed by atoms with Gasteiger partial charge in [0.05, 0.1) is 0 Å². The molecule has 0 bridgehead atoms. The predicted octanol–water partition coefficient (Wildman–Crippen LogP) is 4.93. The van der Waals surface area contributed by atoms with Crippen molar-refractivity contribution < 1.29 is 10.9 Å². The SMILES string of the molecule is [Cl][Co]([Cl])[Cl].[NH2-].[NH2-].[NH2-].[NH2-]. The molecule has 0 aromatic carbocycles. The van der Waals surface area contributed by atoms with Gasteiger partial charge in [-0.2, -0.15) is 0 Å². The second kappa shape index (κ2) is 24.1. The van der Waals surface area contributed by atoms with Gasteiger partial charge < -0.3 is 24.6 Å². The van der Waals surface area contributed by atoms with E-state index in [1.165, 1.54) is 0 Å². The van der Waals surface area contributed by atoms with Gasteiger partial charge in [0, 0.05) is 0 Å². The van der Waals surface area contributed by atoms with E-state index in [0.29, 0.717) is 0 Å². The molecule has 0 saturated heterocycles. The van der Waals surface area contributed by atoms with Gasteiger partial charge >= 0.3 is 41.4 Å². The standard InChI is InChI=1S/3ClH.Co.4H2N/h3*1H;;4*1H2/q;;;+3;4*-1/p-3. The molecule has 0 amide bonds. The van der Waals surface area contributed by atoms with E-state index in [2.05, 4.69) is 0 Å². The second-order valence-electron chi connectivity index (χ2n) is 0.143. The predicted molar refractivity (Wildman–Crippen MR) is 38.7 cm³/mol. The van der Waals surface area contributed by atoms with Crippen LogP contribution in [0.15, 0.2) is 0 Å². The fourth-order valence-corrected chi connectivity index (χ4v) is 0. The van der Waals surface area contributed by atoms with E-state index in [4.69, 9.17) is 30.4 Å². The Labute approximate surface area is 66.1 Å². The van der Waals surface area contributed by atoms with Crippen LogP contribution in [-0.2, 0) is 10.9 Å². The van der Waals surface area contributed by atoms with Gasteiger partial charge in [-0.15, -0.1) is 0 Å². The average Bonchev–Trinajstić information content (AvgIpc) is 0.811. The third kappa shape index (κ3) is 188. The maximum absolute atomic E-state index is 4.87. The van der Waals surface area contributed by atoms with Gasteiger partial charge in [0.15, 0.2) is 0 Å². The molecule has 0 aliphatic heterocycles. The average molecular weight is 229 g/mol. The van der Waals surface area contributed by atoms with Crippen LogP contribution in [0.4, 0.5) is 0 Å². The first-order chi connectivity index (χ1) is 1.73. The summed E-state index contributed by atoms with van der Waals surface area (Å²) >= 11 is 0. The van der Waals surface area contributed by atoms with E-state index in [1.54, 1.807) is 0 Å². The fourth-order valence-electron chi connectivity index (χ4n) is 0. The van der Waals surface area contributed by atoms with Crippen molar-refractivity contribution >= 4 is 30.4 Å². The maximum atomic E-state index is 4.87. The van der Waals surface area contributed by atoms with Gasteiger partial charge in [0.1, 0.15) is 0 Å². The van der Waals surface area contributed by atoms with Crippen LogP contribution in [-0.4, -0.2) is 0 Å². The molecule has 0 atom stereocenters. The Morgan fingerprint density at radius 3 is 0.625 bits per heavy atom. The smallest absolute Gasteiger partial charge is 0.693 e. The van der Waals surface area contributed by atoms with Crippen LogP contribution in [0, 0.1) is 0 Å². The molecule has 0 aliphatic rings. The third-order valence-corrected chi connectivity index (χ3v) is 0. The van der Waals surface area contributed by atoms with Gasteiger partial charge in [-0.05, 0) is 0 Å². The summed E-state index contributed by atoms with van der Waals surface area (Å²) in [6.45, 7) is 0. The molecule has 62 valence electrons. The Morgan fingerprint density at radius 1 is 0.625 bits per heavy atom. The first-order valence-electron chi connectivity index (χ1n) is 0.378. The zero-order valence-electron chi connectivity index (χ0n) is 3.78. The molecule has 0 saturated carbocycles. The Morgan fingerprint density at radius 2 is 0.625 bits per heavy atom. The summed E-state index contributed by atoms with van der Waals surface area (Å²) in [5.41, 5.74) is 0. The minimum Gasteiger partial charge on any atom is -0.693 e. The van der Waals surface area contributed by atoms with Gasteiger partial charge in [-0.3, -0.25) is 0 Å². The first kappa shape index (κ1) is 35.0. The Bertz CT molecular complexity index is 16.0. The number of nitrogens with two attached hydrogens (primary N) is 4. The van der Waals surface area contributed by atoms with Crippen LogP contribution in [0.5, 0.6) is 0 Å². The Kier molecular flexibility index (Phi) is 105. The second-order valence-corrected chi connectivity index (χ2v) is 5.30. The van der Waals surface area contributed by atoms with Crippen LogP contribution < -0.4 is 0 Å². The van der Waals surface area contributed by atoms with Crippen molar-refractivity contribution in [3.63, 3.8) is 0 Å². The topological polar surface area (TPSA) is 134 Å². The summed E-state index contributed by atoms with van der Waals surface area (Å²) in [7, 11) is 13.4. The number of halogens is 3.